The Morgan fingerprint density at radius 2 is 2.02 bits per heavy atom. The number of phenols is 1. The van der Waals surface area contributed by atoms with Gasteiger partial charge in [0, 0.05) is 64.4 Å². The number of aromatic nitrogens is 1. The second kappa shape index (κ2) is 11.3. The largest absolute Gasteiger partial charge is 0.506 e. The van der Waals surface area contributed by atoms with E-state index in [0.29, 0.717) is 29.2 Å². The van der Waals surface area contributed by atoms with E-state index in [1.54, 1.807) is 30.9 Å². The minimum atomic E-state index is -1.13. The summed E-state index contributed by atoms with van der Waals surface area (Å²) in [5.74, 6) is 0.286. The van der Waals surface area contributed by atoms with Gasteiger partial charge < -0.3 is 34.5 Å². The van der Waals surface area contributed by atoms with Crippen molar-refractivity contribution in [3.63, 3.8) is 0 Å². The Bertz CT molecular complexity index is 1320. The van der Waals surface area contributed by atoms with Crippen molar-refractivity contribution in [2.24, 2.45) is 5.92 Å². The fourth-order valence-electron chi connectivity index (χ4n) is 6.12. The van der Waals surface area contributed by atoms with Crippen LogP contribution in [-0.4, -0.2) is 95.5 Å². The molecule has 0 bridgehead atoms. The van der Waals surface area contributed by atoms with Gasteiger partial charge >= 0.3 is 11.0 Å². The number of hydrogen-bond acceptors (Lipinski definition) is 10. The van der Waals surface area contributed by atoms with Crippen LogP contribution in [0.3, 0.4) is 0 Å². The standard InChI is InChI=1S/C28H38N4O6S2/c1-27(2)37-22(20-3-4-21(33)23-24(20)40-25(34)30-23)15-32(26(35)38-27)9-5-18-13-19(39-16-18)14-31-10-6-28(7-11-31)17-29-8-12-36-28/h3-4,13,18,22,29,33H,5-12,14-17H2,1-2H3,(H,30,34)/t18?,22-/m0/s1. The topological polar surface area (TPSA) is 116 Å². The summed E-state index contributed by atoms with van der Waals surface area (Å²) in [7, 11) is 0. The number of carbonyl (C=O) groups excluding carboxylic acids is 1. The SMILES string of the molecule is CC1(C)OC(=O)N(CCC2C=C(CN3CCC4(CC3)CNCCO4)SC2)C[C@@H](c2ccc(O)c3[nH]c(=O)sc23)O1. The number of fused-ring (bicyclic) bond motifs is 1. The Balaban J connectivity index is 1.08. The molecule has 3 fully saturated rings. The molecule has 3 saturated heterocycles. The number of thioether (sulfide) groups is 1. The third-order valence-corrected chi connectivity index (χ3v) is 10.5. The highest BCUT2D eigenvalue weighted by atomic mass is 32.2. The lowest BCUT2D eigenvalue weighted by molar-refractivity contribution is -0.193. The second-order valence-corrected chi connectivity index (χ2v) is 13.8. The van der Waals surface area contributed by atoms with Crippen LogP contribution >= 0.6 is 23.1 Å². The normalized spacial score (nSPS) is 27.1. The number of amides is 1. The van der Waals surface area contributed by atoms with E-state index in [9.17, 15) is 14.7 Å². The fourth-order valence-corrected chi connectivity index (χ4v) is 8.28. The fraction of sp³-hybridized carbons (Fsp3) is 0.643. The molecule has 1 unspecified atom stereocenters. The molecule has 1 aromatic heterocycles. The quantitative estimate of drug-likeness (QED) is 0.464. The molecule has 5 heterocycles. The van der Waals surface area contributed by atoms with Crippen molar-refractivity contribution in [1.29, 1.82) is 0 Å². The van der Waals surface area contributed by atoms with Gasteiger partial charge in [0.1, 0.15) is 17.4 Å². The van der Waals surface area contributed by atoms with E-state index in [0.717, 1.165) is 81.2 Å². The van der Waals surface area contributed by atoms with Gasteiger partial charge in [-0.25, -0.2) is 4.79 Å². The molecule has 1 aromatic carbocycles. The number of phenolic OH excluding ortho intramolecular Hbond substituents is 1. The van der Waals surface area contributed by atoms with E-state index < -0.39 is 18.0 Å². The van der Waals surface area contributed by atoms with Crippen LogP contribution in [0.5, 0.6) is 5.75 Å². The van der Waals surface area contributed by atoms with Crippen LogP contribution in [0.15, 0.2) is 27.9 Å². The molecule has 0 saturated carbocycles. The average molecular weight is 591 g/mol. The zero-order chi connectivity index (χ0) is 27.9. The van der Waals surface area contributed by atoms with E-state index >= 15 is 0 Å². The molecular weight excluding hydrogens is 552 g/mol. The summed E-state index contributed by atoms with van der Waals surface area (Å²) in [6.45, 7) is 10.1. The van der Waals surface area contributed by atoms with E-state index in [1.807, 2.05) is 11.8 Å². The van der Waals surface area contributed by atoms with Crippen molar-refractivity contribution in [1.82, 2.24) is 20.1 Å². The highest BCUT2D eigenvalue weighted by molar-refractivity contribution is 8.03. The predicted octanol–water partition coefficient (Wildman–Crippen LogP) is 3.63. The number of hydrogen-bond donors (Lipinski definition) is 3. The molecule has 10 nitrogen and oxygen atoms in total. The van der Waals surface area contributed by atoms with Crippen molar-refractivity contribution >= 4 is 39.4 Å². The first-order chi connectivity index (χ1) is 19.2. The zero-order valence-corrected chi connectivity index (χ0v) is 24.7. The molecular formula is C28H38N4O6S2. The van der Waals surface area contributed by atoms with E-state index in [-0.39, 0.29) is 16.2 Å². The number of aromatic amines is 1. The number of morpholine rings is 1. The first-order valence-electron chi connectivity index (χ1n) is 14.1. The van der Waals surface area contributed by atoms with Crippen molar-refractivity contribution in [2.45, 2.75) is 50.6 Å². The summed E-state index contributed by atoms with van der Waals surface area (Å²) in [5, 5.41) is 13.7. The molecule has 1 amide bonds. The lowest BCUT2D eigenvalue weighted by atomic mass is 9.90. The number of thiazole rings is 1. The van der Waals surface area contributed by atoms with Crippen LogP contribution in [0.25, 0.3) is 10.2 Å². The Hall–Kier alpha value is -2.09. The highest BCUT2D eigenvalue weighted by Gasteiger charge is 2.39. The van der Waals surface area contributed by atoms with Gasteiger partial charge in [-0.05, 0) is 36.2 Å². The van der Waals surface area contributed by atoms with Crippen molar-refractivity contribution in [2.75, 3.05) is 58.2 Å². The maximum absolute atomic E-state index is 13.1. The molecule has 4 aliphatic heterocycles. The van der Waals surface area contributed by atoms with Gasteiger partial charge in [0.15, 0.2) is 0 Å². The Labute approximate surface area is 242 Å². The van der Waals surface area contributed by atoms with E-state index in [4.69, 9.17) is 14.2 Å². The highest BCUT2D eigenvalue weighted by Crippen LogP contribution is 2.38. The average Bonchev–Trinajstić information content (AvgIpc) is 3.51. The molecule has 2 atom stereocenters. The number of aromatic hydroxyl groups is 1. The van der Waals surface area contributed by atoms with Gasteiger partial charge in [0.25, 0.3) is 0 Å². The van der Waals surface area contributed by atoms with Crippen LogP contribution in [0.1, 0.15) is 44.8 Å². The summed E-state index contributed by atoms with van der Waals surface area (Å²) < 4.78 is 18.7. The monoisotopic (exact) mass is 590 g/mol. The predicted molar refractivity (Wildman–Crippen MR) is 156 cm³/mol. The number of rotatable bonds is 6. The lowest BCUT2D eigenvalue weighted by Gasteiger charge is -2.44. The van der Waals surface area contributed by atoms with E-state index in [1.165, 1.54) is 4.91 Å². The first-order valence-corrected chi connectivity index (χ1v) is 15.9. The number of likely N-dealkylation sites (tertiary alicyclic amines) is 1. The van der Waals surface area contributed by atoms with Crippen LogP contribution in [0, 0.1) is 5.92 Å². The zero-order valence-electron chi connectivity index (χ0n) is 23.1. The molecule has 4 aliphatic rings. The van der Waals surface area contributed by atoms with Gasteiger partial charge in [-0.1, -0.05) is 23.5 Å². The number of piperidine rings is 1. The number of nitrogens with zero attached hydrogens (tertiary/aromatic N) is 2. The van der Waals surface area contributed by atoms with E-state index in [2.05, 4.69) is 21.3 Å². The lowest BCUT2D eigenvalue weighted by Crippen LogP contribution is -2.55. The van der Waals surface area contributed by atoms with Crippen molar-refractivity contribution in [3.05, 3.63) is 38.3 Å². The summed E-state index contributed by atoms with van der Waals surface area (Å²) in [6.07, 6.45) is 4.46. The molecule has 12 heteroatoms. The summed E-state index contributed by atoms with van der Waals surface area (Å²) in [6, 6.07) is 3.32. The van der Waals surface area contributed by atoms with Crippen LogP contribution < -0.4 is 10.2 Å². The van der Waals surface area contributed by atoms with Gasteiger partial charge in [-0.2, -0.15) is 0 Å². The number of H-pyrrole nitrogens is 1. The molecule has 0 radical (unpaired) electrons. The number of benzene rings is 1. The molecule has 3 N–H and O–H groups in total. The third-order valence-electron chi connectivity index (χ3n) is 8.29. The molecule has 40 heavy (non-hydrogen) atoms. The maximum Gasteiger partial charge on any atom is 0.412 e. The van der Waals surface area contributed by atoms with Crippen LogP contribution in [-0.2, 0) is 14.2 Å². The Morgan fingerprint density at radius 3 is 2.80 bits per heavy atom. The van der Waals surface area contributed by atoms with Crippen molar-refractivity contribution < 1.29 is 24.1 Å². The van der Waals surface area contributed by atoms with Gasteiger partial charge in [0.2, 0.25) is 5.79 Å². The second-order valence-electron chi connectivity index (χ2n) is 11.7. The number of carbonyl (C=O) groups is 1. The minimum absolute atomic E-state index is 0.0128. The first kappa shape index (κ1) is 28.0. The number of ether oxygens (including phenoxy) is 3. The summed E-state index contributed by atoms with van der Waals surface area (Å²) in [5.41, 5.74) is 1.17. The van der Waals surface area contributed by atoms with Crippen molar-refractivity contribution in [3.8, 4) is 5.75 Å². The molecule has 2 aromatic rings. The summed E-state index contributed by atoms with van der Waals surface area (Å²) in [4.78, 5) is 33.3. The molecule has 1 spiro atoms. The van der Waals surface area contributed by atoms with Gasteiger partial charge in [0.05, 0.1) is 23.5 Å². The Morgan fingerprint density at radius 1 is 1.20 bits per heavy atom. The Kier molecular flexibility index (Phi) is 7.92. The molecule has 218 valence electrons. The molecule has 6 rings (SSSR count). The van der Waals surface area contributed by atoms with Gasteiger partial charge in [-0.15, -0.1) is 11.8 Å². The smallest absolute Gasteiger partial charge is 0.412 e. The number of nitrogens with one attached hydrogen (secondary N) is 2. The summed E-state index contributed by atoms with van der Waals surface area (Å²) >= 11 is 2.96. The van der Waals surface area contributed by atoms with Crippen LogP contribution in [0.4, 0.5) is 4.79 Å². The number of allylic oxidation sites excluding steroid dienone is 1. The minimum Gasteiger partial charge on any atom is -0.506 e. The van der Waals surface area contributed by atoms with Crippen LogP contribution in [0.2, 0.25) is 0 Å². The third kappa shape index (κ3) is 6.07. The number of cyclic esters (lactones) is 1. The maximum atomic E-state index is 13.1. The van der Waals surface area contributed by atoms with Gasteiger partial charge in [-0.3, -0.25) is 9.69 Å². The molecule has 0 aliphatic carbocycles.